The van der Waals surface area contributed by atoms with E-state index in [0.717, 1.165) is 23.3 Å². The van der Waals surface area contributed by atoms with Gasteiger partial charge >= 0.3 is 5.69 Å². The first-order valence-corrected chi connectivity index (χ1v) is 11.1. The highest BCUT2D eigenvalue weighted by atomic mass is 16.2. The molecule has 4 aromatic rings. The lowest BCUT2D eigenvalue weighted by molar-refractivity contribution is -0.117. The summed E-state index contributed by atoms with van der Waals surface area (Å²) in [6.07, 6.45) is 0.859. The van der Waals surface area contributed by atoms with Crippen molar-refractivity contribution >= 4 is 29.0 Å². The monoisotopic (exact) mass is 456 g/mol. The van der Waals surface area contributed by atoms with Gasteiger partial charge in [0, 0.05) is 36.1 Å². The van der Waals surface area contributed by atoms with Gasteiger partial charge in [0.2, 0.25) is 11.9 Å². The molecule has 0 radical (unpaired) electrons. The summed E-state index contributed by atoms with van der Waals surface area (Å²) in [6, 6.07) is 16.7. The topological polar surface area (TPSA) is 102 Å². The Hall–Kier alpha value is -4.27. The Kier molecular flexibility index (Phi) is 5.45. The Morgan fingerprint density at radius 1 is 1.06 bits per heavy atom. The van der Waals surface area contributed by atoms with Crippen molar-refractivity contribution in [3.8, 4) is 0 Å². The van der Waals surface area contributed by atoms with E-state index in [1.165, 1.54) is 22.5 Å². The molecule has 1 aliphatic rings. The molecule has 1 amide bonds. The molecule has 2 aromatic carbocycles. The lowest BCUT2D eigenvalue weighted by atomic mass is 10.0. The van der Waals surface area contributed by atoms with Gasteiger partial charge in [-0.1, -0.05) is 36.4 Å². The Balaban J connectivity index is 1.43. The summed E-state index contributed by atoms with van der Waals surface area (Å²) >= 11 is 0. The molecule has 0 bridgehead atoms. The lowest BCUT2D eigenvalue weighted by Gasteiger charge is -2.29. The van der Waals surface area contributed by atoms with Crippen LogP contribution in [0.1, 0.15) is 34.1 Å². The van der Waals surface area contributed by atoms with Gasteiger partial charge in [-0.2, -0.15) is 0 Å². The molecule has 0 saturated carbocycles. The predicted octanol–water partition coefficient (Wildman–Crippen LogP) is 2.60. The number of Topliss-reactive ketones (excluding diaryl/α,β-unsaturated/α-hetero) is 1. The van der Waals surface area contributed by atoms with Crippen LogP contribution in [0.5, 0.6) is 0 Å². The third-order valence-electron chi connectivity index (χ3n) is 5.94. The summed E-state index contributed by atoms with van der Waals surface area (Å²) in [5.74, 6) is 0.0167. The quantitative estimate of drug-likeness (QED) is 0.463. The number of carbonyl (C=O) groups is 2. The van der Waals surface area contributed by atoms with Gasteiger partial charge in [0.1, 0.15) is 6.54 Å². The normalized spacial score (nSPS) is 13.1. The van der Waals surface area contributed by atoms with Crippen molar-refractivity contribution in [3.63, 3.8) is 0 Å². The molecule has 0 saturated heterocycles. The highest BCUT2D eigenvalue weighted by molar-refractivity contribution is 5.97. The van der Waals surface area contributed by atoms with E-state index in [-0.39, 0.29) is 12.3 Å². The van der Waals surface area contributed by atoms with Gasteiger partial charge < -0.3 is 10.2 Å². The average molecular weight is 457 g/mol. The molecule has 172 valence electrons. The van der Waals surface area contributed by atoms with Gasteiger partial charge in [-0.3, -0.25) is 9.59 Å². The van der Waals surface area contributed by atoms with E-state index < -0.39 is 11.6 Å². The molecule has 1 aliphatic heterocycles. The van der Waals surface area contributed by atoms with Crippen LogP contribution in [0.4, 0.5) is 11.6 Å². The standard InChI is InChI=1S/C25H24N6O3/c1-16-12-22-28-30(15-23(33)27-21-9-5-8-19(13-21)17(2)32)25(34)31(22)24(26-16)29-11-10-18-6-3-4-7-20(18)14-29/h3-9,12-13H,10-11,14-15H2,1-2H3,(H,27,33). The van der Waals surface area contributed by atoms with Crippen LogP contribution < -0.4 is 15.9 Å². The molecule has 5 rings (SSSR count). The summed E-state index contributed by atoms with van der Waals surface area (Å²) in [4.78, 5) is 44.2. The predicted molar refractivity (Wildman–Crippen MR) is 128 cm³/mol. The smallest absolute Gasteiger partial charge is 0.337 e. The molecule has 9 nitrogen and oxygen atoms in total. The van der Waals surface area contributed by atoms with Gasteiger partial charge in [-0.25, -0.2) is 18.9 Å². The van der Waals surface area contributed by atoms with E-state index in [4.69, 9.17) is 0 Å². The zero-order valence-corrected chi connectivity index (χ0v) is 19.0. The SMILES string of the molecule is CC(=O)c1cccc(NC(=O)Cn2nc3cc(C)nc(N4CCc5ccccc5C4)n3c2=O)c1. The van der Waals surface area contributed by atoms with Crippen LogP contribution in [0.3, 0.4) is 0 Å². The molecule has 3 heterocycles. The highest BCUT2D eigenvalue weighted by Crippen LogP contribution is 2.23. The summed E-state index contributed by atoms with van der Waals surface area (Å²) < 4.78 is 2.60. The van der Waals surface area contributed by atoms with Crippen LogP contribution in [0.15, 0.2) is 59.4 Å². The van der Waals surface area contributed by atoms with Gasteiger partial charge in [0.15, 0.2) is 11.4 Å². The second kappa shape index (κ2) is 8.58. The van der Waals surface area contributed by atoms with E-state index >= 15 is 0 Å². The molecule has 2 aromatic heterocycles. The van der Waals surface area contributed by atoms with E-state index in [0.29, 0.717) is 29.4 Å². The molecule has 0 spiro atoms. The number of benzene rings is 2. The van der Waals surface area contributed by atoms with Gasteiger partial charge in [0.05, 0.1) is 0 Å². The number of carbonyl (C=O) groups excluding carboxylic acids is 2. The Morgan fingerprint density at radius 2 is 1.85 bits per heavy atom. The van der Waals surface area contributed by atoms with Crippen LogP contribution in [0.25, 0.3) is 5.65 Å². The average Bonchev–Trinajstić information content (AvgIpc) is 3.12. The van der Waals surface area contributed by atoms with Crippen LogP contribution in [-0.2, 0) is 24.3 Å². The van der Waals surface area contributed by atoms with Crippen LogP contribution in [-0.4, -0.2) is 37.4 Å². The van der Waals surface area contributed by atoms with E-state index in [1.54, 1.807) is 30.3 Å². The second-order valence-electron chi connectivity index (χ2n) is 8.46. The van der Waals surface area contributed by atoms with Crippen LogP contribution in [0.2, 0.25) is 0 Å². The fourth-order valence-corrected chi connectivity index (χ4v) is 4.27. The second-order valence-corrected chi connectivity index (χ2v) is 8.46. The largest absolute Gasteiger partial charge is 0.353 e. The zero-order valence-electron chi connectivity index (χ0n) is 19.0. The first-order chi connectivity index (χ1) is 16.4. The Labute approximate surface area is 195 Å². The van der Waals surface area contributed by atoms with Gasteiger partial charge in [-0.15, -0.1) is 5.10 Å². The van der Waals surface area contributed by atoms with E-state index in [9.17, 15) is 14.4 Å². The van der Waals surface area contributed by atoms with Crippen molar-refractivity contribution in [2.45, 2.75) is 33.4 Å². The van der Waals surface area contributed by atoms with Crippen molar-refractivity contribution in [1.82, 2.24) is 19.2 Å². The van der Waals surface area contributed by atoms with Crippen LogP contribution >= 0.6 is 0 Å². The summed E-state index contributed by atoms with van der Waals surface area (Å²) in [7, 11) is 0. The number of nitrogens with one attached hydrogen (secondary N) is 1. The van der Waals surface area contributed by atoms with Crippen molar-refractivity contribution < 1.29 is 9.59 Å². The van der Waals surface area contributed by atoms with Crippen molar-refractivity contribution in [1.29, 1.82) is 0 Å². The number of hydrogen-bond donors (Lipinski definition) is 1. The van der Waals surface area contributed by atoms with Crippen molar-refractivity contribution in [2.24, 2.45) is 0 Å². The number of nitrogens with zero attached hydrogens (tertiary/aromatic N) is 5. The number of rotatable bonds is 5. The molecule has 34 heavy (non-hydrogen) atoms. The summed E-state index contributed by atoms with van der Waals surface area (Å²) in [5, 5.41) is 7.12. The fourth-order valence-electron chi connectivity index (χ4n) is 4.27. The molecule has 0 unspecified atom stereocenters. The number of hydrogen-bond acceptors (Lipinski definition) is 6. The van der Waals surface area contributed by atoms with Crippen molar-refractivity contribution in [3.05, 3.63) is 87.5 Å². The third kappa shape index (κ3) is 4.07. The molecular weight excluding hydrogens is 432 g/mol. The van der Waals surface area contributed by atoms with Crippen molar-refractivity contribution in [2.75, 3.05) is 16.8 Å². The first-order valence-electron chi connectivity index (χ1n) is 11.1. The minimum absolute atomic E-state index is 0.0941. The summed E-state index contributed by atoms with van der Waals surface area (Å²) in [6.45, 7) is 4.44. The number of aromatic nitrogens is 4. The molecule has 9 heteroatoms. The molecule has 0 atom stereocenters. The maximum atomic E-state index is 13.3. The van der Waals surface area contributed by atoms with Crippen LogP contribution in [0, 0.1) is 6.92 Å². The highest BCUT2D eigenvalue weighted by Gasteiger charge is 2.23. The minimum atomic E-state index is -0.427. The minimum Gasteiger partial charge on any atom is -0.337 e. The van der Waals surface area contributed by atoms with Gasteiger partial charge in [-0.05, 0) is 43.5 Å². The van der Waals surface area contributed by atoms with Gasteiger partial charge in [0.25, 0.3) is 0 Å². The number of ketones is 1. The van der Waals surface area contributed by atoms with E-state index in [1.807, 2.05) is 19.1 Å². The fraction of sp³-hybridized carbons (Fsp3) is 0.240. The number of aryl methyl sites for hydroxylation is 1. The molecular formula is C25H24N6O3. The number of fused-ring (bicyclic) bond motifs is 2. The number of anilines is 2. The zero-order chi connectivity index (χ0) is 23.8. The Bertz CT molecular complexity index is 1490. The molecule has 0 fully saturated rings. The maximum absolute atomic E-state index is 13.3. The maximum Gasteiger partial charge on any atom is 0.353 e. The third-order valence-corrected chi connectivity index (χ3v) is 5.94. The Morgan fingerprint density at radius 3 is 2.65 bits per heavy atom. The van der Waals surface area contributed by atoms with E-state index in [2.05, 4.69) is 32.4 Å². The summed E-state index contributed by atoms with van der Waals surface area (Å²) in [5.41, 5.74) is 4.25. The lowest BCUT2D eigenvalue weighted by Crippen LogP contribution is -2.35. The molecule has 1 N–H and O–H groups in total. The number of amides is 1. The molecule has 0 aliphatic carbocycles. The first kappa shape index (κ1) is 21.6.